The van der Waals surface area contributed by atoms with Gasteiger partial charge >= 0.3 is 0 Å². The minimum Gasteiger partial charge on any atom is -0.366 e. The molecule has 0 aromatic heterocycles. The van der Waals surface area contributed by atoms with Gasteiger partial charge in [-0.25, -0.2) is 4.99 Å². The monoisotopic (exact) mass is 352 g/mol. The van der Waals surface area contributed by atoms with Crippen molar-refractivity contribution in [1.82, 2.24) is 10.6 Å². The summed E-state index contributed by atoms with van der Waals surface area (Å²) in [6, 6.07) is 15.9. The molecule has 0 saturated heterocycles. The number of aryl methyl sites for hydroxylation is 1. The summed E-state index contributed by atoms with van der Waals surface area (Å²) < 4.78 is 0. The van der Waals surface area contributed by atoms with E-state index in [9.17, 15) is 4.79 Å². The van der Waals surface area contributed by atoms with Crippen LogP contribution >= 0.6 is 0 Å². The standard InChI is InChI=1S/C21H28N4O/c1-4-23-21(24-13-16(3)18-10-8-15(2)9-11-18)25-14-17-6-5-7-19(12-17)20(22)26/h5-12,16H,4,13-14H2,1-3H3,(H2,22,26)(H2,23,24,25). The van der Waals surface area contributed by atoms with Gasteiger partial charge in [-0.15, -0.1) is 0 Å². The molecule has 1 atom stereocenters. The number of nitrogens with zero attached hydrogens (tertiary/aromatic N) is 1. The summed E-state index contributed by atoms with van der Waals surface area (Å²) in [7, 11) is 0. The van der Waals surface area contributed by atoms with E-state index < -0.39 is 5.91 Å². The number of primary amides is 1. The second-order valence-electron chi connectivity index (χ2n) is 6.45. The van der Waals surface area contributed by atoms with Crippen LogP contribution in [0.3, 0.4) is 0 Å². The van der Waals surface area contributed by atoms with E-state index in [2.05, 4.69) is 53.7 Å². The van der Waals surface area contributed by atoms with Crippen LogP contribution in [0, 0.1) is 6.92 Å². The fourth-order valence-corrected chi connectivity index (χ4v) is 2.60. The van der Waals surface area contributed by atoms with Gasteiger partial charge in [-0.1, -0.05) is 48.9 Å². The first-order valence-electron chi connectivity index (χ1n) is 8.97. The second kappa shape index (κ2) is 9.61. The van der Waals surface area contributed by atoms with Gasteiger partial charge in [0.2, 0.25) is 5.91 Å². The summed E-state index contributed by atoms with van der Waals surface area (Å²) in [6.07, 6.45) is 0. The number of hydrogen-bond acceptors (Lipinski definition) is 2. The van der Waals surface area contributed by atoms with Gasteiger partial charge in [0, 0.05) is 18.7 Å². The molecule has 0 spiro atoms. The molecular formula is C21H28N4O. The lowest BCUT2D eigenvalue weighted by atomic mass is 10.0. The zero-order valence-electron chi connectivity index (χ0n) is 15.8. The molecule has 0 heterocycles. The Morgan fingerprint density at radius 1 is 1.15 bits per heavy atom. The molecule has 5 heteroatoms. The molecule has 0 bridgehead atoms. The van der Waals surface area contributed by atoms with Crippen LogP contribution in [0.15, 0.2) is 53.5 Å². The van der Waals surface area contributed by atoms with Crippen molar-refractivity contribution in [2.75, 3.05) is 13.1 Å². The maximum atomic E-state index is 11.3. The maximum Gasteiger partial charge on any atom is 0.248 e. The van der Waals surface area contributed by atoms with Gasteiger partial charge in [-0.2, -0.15) is 0 Å². The first kappa shape index (κ1) is 19.5. The first-order chi connectivity index (χ1) is 12.5. The highest BCUT2D eigenvalue weighted by molar-refractivity contribution is 5.92. The average Bonchev–Trinajstić information content (AvgIpc) is 2.64. The van der Waals surface area contributed by atoms with Gasteiger partial charge in [-0.3, -0.25) is 4.79 Å². The van der Waals surface area contributed by atoms with E-state index in [1.165, 1.54) is 11.1 Å². The molecule has 0 radical (unpaired) electrons. The van der Waals surface area contributed by atoms with Crippen molar-refractivity contribution in [2.24, 2.45) is 10.7 Å². The highest BCUT2D eigenvalue weighted by Crippen LogP contribution is 2.14. The molecule has 26 heavy (non-hydrogen) atoms. The number of benzene rings is 2. The quantitative estimate of drug-likeness (QED) is 0.529. The molecule has 1 unspecified atom stereocenters. The van der Waals surface area contributed by atoms with Crippen molar-refractivity contribution >= 4 is 11.9 Å². The van der Waals surface area contributed by atoms with Crippen LogP contribution in [0.25, 0.3) is 0 Å². The molecule has 2 aromatic rings. The van der Waals surface area contributed by atoms with Crippen LogP contribution in [0.2, 0.25) is 0 Å². The van der Waals surface area contributed by atoms with Crippen LogP contribution in [0.5, 0.6) is 0 Å². The highest BCUT2D eigenvalue weighted by Gasteiger charge is 2.07. The lowest BCUT2D eigenvalue weighted by molar-refractivity contribution is 0.1000. The van der Waals surface area contributed by atoms with Gasteiger partial charge < -0.3 is 16.4 Å². The van der Waals surface area contributed by atoms with E-state index in [1.54, 1.807) is 12.1 Å². The number of hydrogen-bond donors (Lipinski definition) is 3. The van der Waals surface area contributed by atoms with Crippen molar-refractivity contribution in [2.45, 2.75) is 33.2 Å². The summed E-state index contributed by atoms with van der Waals surface area (Å²) in [5.74, 6) is 0.710. The third-order valence-corrected chi connectivity index (χ3v) is 4.20. The van der Waals surface area contributed by atoms with Crippen LogP contribution in [0.1, 0.15) is 46.8 Å². The number of rotatable bonds is 7. The van der Waals surface area contributed by atoms with Crippen LogP contribution < -0.4 is 16.4 Å². The van der Waals surface area contributed by atoms with Crippen molar-refractivity contribution < 1.29 is 4.79 Å². The molecule has 0 aliphatic rings. The van der Waals surface area contributed by atoms with Crippen molar-refractivity contribution in [1.29, 1.82) is 0 Å². The van der Waals surface area contributed by atoms with Gasteiger partial charge in [0.25, 0.3) is 0 Å². The lowest BCUT2D eigenvalue weighted by Crippen LogP contribution is -2.39. The zero-order chi connectivity index (χ0) is 18.9. The summed E-state index contributed by atoms with van der Waals surface area (Å²) >= 11 is 0. The molecule has 5 nitrogen and oxygen atoms in total. The van der Waals surface area contributed by atoms with E-state index in [-0.39, 0.29) is 0 Å². The van der Waals surface area contributed by atoms with E-state index in [0.717, 1.165) is 24.6 Å². The Kier molecular flexibility index (Phi) is 7.21. The first-order valence-corrected chi connectivity index (χ1v) is 8.97. The number of nitrogens with one attached hydrogen (secondary N) is 2. The number of carbonyl (C=O) groups is 1. The zero-order valence-corrected chi connectivity index (χ0v) is 15.8. The number of nitrogens with two attached hydrogens (primary N) is 1. The van der Waals surface area contributed by atoms with E-state index in [0.29, 0.717) is 18.0 Å². The highest BCUT2D eigenvalue weighted by atomic mass is 16.1. The number of amides is 1. The average molecular weight is 352 g/mol. The third kappa shape index (κ3) is 5.92. The van der Waals surface area contributed by atoms with Gasteiger partial charge in [-0.05, 0) is 43.0 Å². The molecule has 2 aromatic carbocycles. The number of guanidine groups is 1. The van der Waals surface area contributed by atoms with Gasteiger partial charge in [0.1, 0.15) is 0 Å². The number of aliphatic imine (C=N–C) groups is 1. The van der Waals surface area contributed by atoms with Crippen molar-refractivity contribution in [3.63, 3.8) is 0 Å². The van der Waals surface area contributed by atoms with Crippen molar-refractivity contribution in [3.8, 4) is 0 Å². The Balaban J connectivity index is 1.98. The van der Waals surface area contributed by atoms with Gasteiger partial charge in [0.15, 0.2) is 5.96 Å². The normalized spacial score (nSPS) is 12.5. The van der Waals surface area contributed by atoms with E-state index in [1.807, 2.05) is 19.1 Å². The smallest absolute Gasteiger partial charge is 0.248 e. The molecule has 2 rings (SSSR count). The van der Waals surface area contributed by atoms with Crippen LogP contribution in [0.4, 0.5) is 0 Å². The summed E-state index contributed by atoms with van der Waals surface area (Å²) in [4.78, 5) is 15.9. The Morgan fingerprint density at radius 3 is 2.54 bits per heavy atom. The summed E-state index contributed by atoms with van der Waals surface area (Å²) in [5.41, 5.74) is 9.35. The molecule has 0 fully saturated rings. The SMILES string of the molecule is CCNC(=NCc1cccc(C(N)=O)c1)NCC(C)c1ccc(C)cc1. The Hall–Kier alpha value is -2.82. The lowest BCUT2D eigenvalue weighted by Gasteiger charge is -2.16. The molecule has 4 N–H and O–H groups in total. The Bertz CT molecular complexity index is 753. The molecule has 0 saturated carbocycles. The summed E-state index contributed by atoms with van der Waals surface area (Å²) in [6.45, 7) is 8.37. The van der Waals surface area contributed by atoms with Crippen molar-refractivity contribution in [3.05, 3.63) is 70.8 Å². The fourth-order valence-electron chi connectivity index (χ4n) is 2.60. The largest absolute Gasteiger partial charge is 0.366 e. The van der Waals surface area contributed by atoms with E-state index >= 15 is 0 Å². The predicted octanol–water partition coefficient (Wildman–Crippen LogP) is 2.95. The molecule has 0 aliphatic carbocycles. The molecular weight excluding hydrogens is 324 g/mol. The maximum absolute atomic E-state index is 11.3. The van der Waals surface area contributed by atoms with Crippen LogP contribution in [-0.4, -0.2) is 25.0 Å². The minimum atomic E-state index is -0.423. The fraction of sp³-hybridized carbons (Fsp3) is 0.333. The summed E-state index contributed by atoms with van der Waals surface area (Å²) in [5, 5.41) is 6.64. The molecule has 138 valence electrons. The predicted molar refractivity (Wildman–Crippen MR) is 107 cm³/mol. The second-order valence-corrected chi connectivity index (χ2v) is 6.45. The minimum absolute atomic E-state index is 0.373. The number of carbonyl (C=O) groups excluding carboxylic acids is 1. The van der Waals surface area contributed by atoms with E-state index in [4.69, 9.17) is 5.73 Å². The van der Waals surface area contributed by atoms with Crippen LogP contribution in [-0.2, 0) is 6.54 Å². The Morgan fingerprint density at radius 2 is 1.88 bits per heavy atom. The van der Waals surface area contributed by atoms with Gasteiger partial charge in [0.05, 0.1) is 6.54 Å². The third-order valence-electron chi connectivity index (χ3n) is 4.20. The molecule has 1 amide bonds. The Labute approximate surface area is 155 Å². The topological polar surface area (TPSA) is 79.5 Å². The molecule has 0 aliphatic heterocycles.